The van der Waals surface area contributed by atoms with Crippen LogP contribution < -0.4 is 5.73 Å². The molecule has 0 aromatic heterocycles. The normalized spacial score (nSPS) is 9.24. The number of carboxylic acid groups (broad SMARTS) is 1. The van der Waals surface area contributed by atoms with Crippen molar-refractivity contribution < 1.29 is 14.5 Å². The third-order valence-corrected chi connectivity index (χ3v) is 1.19. The SMILES string of the molecule is CC.Nc1ccccc1C(=O)O.O=P(Cl)(Cl)Cl. The summed E-state index contributed by atoms with van der Waals surface area (Å²) in [6.45, 7) is 4.00. The van der Waals surface area contributed by atoms with E-state index < -0.39 is 11.2 Å². The first-order valence-electron chi connectivity index (χ1n) is 4.48. The lowest BCUT2D eigenvalue weighted by Gasteiger charge is -1.96. The maximum atomic E-state index is 10.3. The Morgan fingerprint density at radius 3 is 1.82 bits per heavy atom. The molecule has 1 aromatic rings. The van der Waals surface area contributed by atoms with Gasteiger partial charge in [0.25, 0.3) is 0 Å². The molecule has 0 aliphatic carbocycles. The van der Waals surface area contributed by atoms with Crippen LogP contribution in [0, 0.1) is 0 Å². The maximum absolute atomic E-state index is 10.3. The molecular formula is C9H13Cl3NO3P. The van der Waals surface area contributed by atoms with E-state index in [2.05, 4.69) is 33.7 Å². The number of carboxylic acids is 1. The second-order valence-electron chi connectivity index (χ2n) is 2.29. The molecule has 0 amide bonds. The van der Waals surface area contributed by atoms with Crippen LogP contribution in [-0.4, -0.2) is 11.1 Å². The summed E-state index contributed by atoms with van der Waals surface area (Å²) in [5.41, 5.74) is 5.80. The molecule has 1 aromatic carbocycles. The molecular weight excluding hydrogens is 307 g/mol. The van der Waals surface area contributed by atoms with Gasteiger partial charge in [0.05, 0.1) is 5.56 Å². The second-order valence-corrected chi connectivity index (χ2v) is 8.93. The minimum absolute atomic E-state index is 0.155. The van der Waals surface area contributed by atoms with Crippen LogP contribution in [0.5, 0.6) is 0 Å². The number of nitrogen functional groups attached to an aromatic ring is 1. The number of aromatic carboxylic acids is 1. The fraction of sp³-hybridized carbons (Fsp3) is 0.222. The molecule has 0 saturated heterocycles. The predicted octanol–water partition coefficient (Wildman–Crippen LogP) is 4.80. The minimum Gasteiger partial charge on any atom is -0.478 e. The van der Waals surface area contributed by atoms with Crippen molar-refractivity contribution in [2.24, 2.45) is 0 Å². The monoisotopic (exact) mass is 319 g/mol. The molecule has 8 heteroatoms. The highest BCUT2D eigenvalue weighted by atomic mass is 36.0. The summed E-state index contributed by atoms with van der Waals surface area (Å²) in [6.07, 6.45) is 0. The average molecular weight is 321 g/mol. The summed E-state index contributed by atoms with van der Waals surface area (Å²) in [6, 6.07) is 6.36. The van der Waals surface area contributed by atoms with E-state index in [4.69, 9.17) is 10.8 Å². The Morgan fingerprint density at radius 2 is 1.59 bits per heavy atom. The van der Waals surface area contributed by atoms with Crippen LogP contribution in [0.1, 0.15) is 24.2 Å². The van der Waals surface area contributed by atoms with Crippen molar-refractivity contribution in [1.82, 2.24) is 0 Å². The Kier molecular flexibility index (Phi) is 10.7. The van der Waals surface area contributed by atoms with Gasteiger partial charge in [0, 0.05) is 5.69 Å². The molecule has 0 spiro atoms. The molecule has 0 bridgehead atoms. The number of halogens is 3. The molecule has 0 radical (unpaired) electrons. The van der Waals surface area contributed by atoms with Crippen LogP contribution in [0.25, 0.3) is 0 Å². The Morgan fingerprint density at radius 1 is 1.24 bits per heavy atom. The highest BCUT2D eigenvalue weighted by Crippen LogP contribution is 2.61. The van der Waals surface area contributed by atoms with Crippen LogP contribution in [0.3, 0.4) is 0 Å². The fourth-order valence-electron chi connectivity index (χ4n) is 0.692. The summed E-state index contributed by atoms with van der Waals surface area (Å²) in [7, 11) is 0. The molecule has 0 fully saturated rings. The van der Waals surface area contributed by atoms with Gasteiger partial charge in [-0.15, -0.1) is 0 Å². The molecule has 0 aliphatic rings. The summed E-state index contributed by atoms with van der Waals surface area (Å²) < 4.78 is 9.51. The minimum atomic E-state index is -3.22. The molecule has 0 unspecified atom stereocenters. The third-order valence-electron chi connectivity index (χ3n) is 1.19. The first-order chi connectivity index (χ1) is 7.72. The van der Waals surface area contributed by atoms with E-state index in [0.29, 0.717) is 5.69 Å². The van der Waals surface area contributed by atoms with Crippen molar-refractivity contribution in [3.05, 3.63) is 29.8 Å². The molecule has 3 N–H and O–H groups in total. The average Bonchev–Trinajstić information content (AvgIpc) is 2.18. The van der Waals surface area contributed by atoms with Crippen molar-refractivity contribution in [3.63, 3.8) is 0 Å². The van der Waals surface area contributed by atoms with Crippen LogP contribution in [0.2, 0.25) is 0 Å². The van der Waals surface area contributed by atoms with Crippen LogP contribution in [0.15, 0.2) is 24.3 Å². The highest BCUT2D eigenvalue weighted by Gasteiger charge is 2.04. The number of carbonyl (C=O) groups is 1. The summed E-state index contributed by atoms with van der Waals surface area (Å²) >= 11 is 13.8. The van der Waals surface area contributed by atoms with Gasteiger partial charge >= 0.3 is 11.2 Å². The third kappa shape index (κ3) is 13.5. The lowest BCUT2D eigenvalue weighted by molar-refractivity contribution is 0.0698. The zero-order valence-electron chi connectivity index (χ0n) is 9.23. The molecule has 0 saturated carbocycles. The molecule has 4 nitrogen and oxygen atoms in total. The maximum Gasteiger partial charge on any atom is 0.339 e. The Bertz CT molecular complexity index is 387. The predicted molar refractivity (Wildman–Crippen MR) is 74.3 cm³/mol. The fourth-order valence-corrected chi connectivity index (χ4v) is 0.692. The van der Waals surface area contributed by atoms with Gasteiger partial charge in [-0.1, -0.05) is 26.0 Å². The van der Waals surface area contributed by atoms with Gasteiger partial charge in [-0.05, 0) is 45.9 Å². The first-order valence-corrected chi connectivity index (χ1v) is 8.91. The quantitative estimate of drug-likeness (QED) is 0.575. The van der Waals surface area contributed by atoms with Gasteiger partial charge in [0.2, 0.25) is 0 Å². The van der Waals surface area contributed by atoms with Crippen LogP contribution in [0.4, 0.5) is 5.69 Å². The number of anilines is 1. The van der Waals surface area contributed by atoms with E-state index in [1.54, 1.807) is 18.2 Å². The van der Waals surface area contributed by atoms with Crippen LogP contribution >= 0.6 is 38.9 Å². The van der Waals surface area contributed by atoms with Gasteiger partial charge in [0.15, 0.2) is 0 Å². The lowest BCUT2D eigenvalue weighted by Crippen LogP contribution is -2.00. The van der Waals surface area contributed by atoms with Crippen molar-refractivity contribution >= 4 is 50.6 Å². The summed E-state index contributed by atoms with van der Waals surface area (Å²) in [4.78, 5) is 10.3. The van der Waals surface area contributed by atoms with Crippen molar-refractivity contribution in [2.75, 3.05) is 5.73 Å². The zero-order valence-corrected chi connectivity index (χ0v) is 12.4. The van der Waals surface area contributed by atoms with Crippen LogP contribution in [-0.2, 0) is 4.57 Å². The van der Waals surface area contributed by atoms with Gasteiger partial charge < -0.3 is 10.8 Å². The second kappa shape index (κ2) is 9.60. The highest BCUT2D eigenvalue weighted by molar-refractivity contribution is 8.24. The largest absolute Gasteiger partial charge is 0.478 e. The van der Waals surface area contributed by atoms with E-state index >= 15 is 0 Å². The molecule has 98 valence electrons. The topological polar surface area (TPSA) is 80.4 Å². The number of rotatable bonds is 1. The van der Waals surface area contributed by atoms with E-state index in [1.165, 1.54) is 6.07 Å². The first kappa shape index (κ1) is 18.9. The van der Waals surface area contributed by atoms with Gasteiger partial charge in [0.1, 0.15) is 0 Å². The van der Waals surface area contributed by atoms with Crippen molar-refractivity contribution in [1.29, 1.82) is 0 Å². The molecule has 0 aliphatic heterocycles. The molecule has 0 heterocycles. The van der Waals surface area contributed by atoms with Gasteiger partial charge in [-0.25, -0.2) is 4.79 Å². The zero-order chi connectivity index (χ0) is 14.1. The number of para-hydroxylation sites is 1. The van der Waals surface area contributed by atoms with E-state index in [9.17, 15) is 9.36 Å². The Hall–Kier alpha value is -0.410. The summed E-state index contributed by atoms with van der Waals surface area (Å²) in [5.74, 6) is -0.988. The van der Waals surface area contributed by atoms with E-state index in [0.717, 1.165) is 0 Å². The Balaban J connectivity index is 0. The lowest BCUT2D eigenvalue weighted by atomic mass is 10.2. The smallest absolute Gasteiger partial charge is 0.339 e. The van der Waals surface area contributed by atoms with E-state index in [-0.39, 0.29) is 5.56 Å². The standard InChI is InChI=1S/C7H7NO2.C2H6.Cl3OP/c8-6-4-2-1-3-5(6)7(9)10;1-2;1-5(2,3)4/h1-4H,8H2,(H,9,10);1-2H3;. The van der Waals surface area contributed by atoms with Crippen molar-refractivity contribution in [2.45, 2.75) is 13.8 Å². The van der Waals surface area contributed by atoms with Crippen molar-refractivity contribution in [3.8, 4) is 0 Å². The molecule has 0 atom stereocenters. The number of hydrogen-bond acceptors (Lipinski definition) is 3. The summed E-state index contributed by atoms with van der Waals surface area (Å²) in [5, 5.41) is 5.26. The molecule has 17 heavy (non-hydrogen) atoms. The van der Waals surface area contributed by atoms with Gasteiger partial charge in [-0.2, -0.15) is 0 Å². The number of hydrogen-bond donors (Lipinski definition) is 2. The van der Waals surface area contributed by atoms with Gasteiger partial charge in [-0.3, -0.25) is 4.57 Å². The Labute approximate surface area is 114 Å². The molecule has 1 rings (SSSR count). The number of benzene rings is 1. The van der Waals surface area contributed by atoms with E-state index in [1.807, 2.05) is 13.8 Å². The number of nitrogens with two attached hydrogens (primary N) is 1.